The zero-order valence-corrected chi connectivity index (χ0v) is 13.4. The highest BCUT2D eigenvalue weighted by atomic mass is 35.5. The number of amides is 1. The lowest BCUT2D eigenvalue weighted by Crippen LogP contribution is -2.12. The van der Waals surface area contributed by atoms with E-state index in [4.69, 9.17) is 11.6 Å². The quantitative estimate of drug-likeness (QED) is 0.449. The molecule has 0 saturated heterocycles. The molecule has 2 heterocycles. The summed E-state index contributed by atoms with van der Waals surface area (Å²) < 4.78 is 0. The van der Waals surface area contributed by atoms with E-state index in [2.05, 4.69) is 20.3 Å². The SMILES string of the molecule is Cc1ccc2[nH]c(C(=O)Nc3ccc4[nH]c(=O)[nH]c4c3)c(Cl)c2c1. The molecule has 0 saturated carbocycles. The van der Waals surface area contributed by atoms with Crippen molar-refractivity contribution >= 4 is 45.1 Å². The Morgan fingerprint density at radius 1 is 1.00 bits per heavy atom. The van der Waals surface area contributed by atoms with Crippen molar-refractivity contribution in [2.24, 2.45) is 0 Å². The van der Waals surface area contributed by atoms with E-state index in [1.54, 1.807) is 18.2 Å². The number of hydrogen-bond donors (Lipinski definition) is 4. The van der Waals surface area contributed by atoms with Crippen LogP contribution in [-0.4, -0.2) is 20.9 Å². The van der Waals surface area contributed by atoms with E-state index in [9.17, 15) is 9.59 Å². The number of fused-ring (bicyclic) bond motifs is 2. The van der Waals surface area contributed by atoms with Crippen LogP contribution in [0.15, 0.2) is 41.2 Å². The van der Waals surface area contributed by atoms with E-state index in [1.807, 2.05) is 25.1 Å². The number of carbonyl (C=O) groups excluding carboxylic acids is 1. The number of imidazole rings is 1. The second kappa shape index (κ2) is 5.28. The van der Waals surface area contributed by atoms with E-state index >= 15 is 0 Å². The van der Waals surface area contributed by atoms with E-state index < -0.39 is 0 Å². The highest BCUT2D eigenvalue weighted by Crippen LogP contribution is 2.29. The summed E-state index contributed by atoms with van der Waals surface area (Å²) in [4.78, 5) is 32.2. The van der Waals surface area contributed by atoms with Gasteiger partial charge >= 0.3 is 5.69 Å². The van der Waals surface area contributed by atoms with Gasteiger partial charge in [-0.2, -0.15) is 0 Å². The predicted octanol–water partition coefficient (Wildman–Crippen LogP) is 3.55. The minimum atomic E-state index is -0.342. The van der Waals surface area contributed by atoms with Crippen LogP contribution in [-0.2, 0) is 0 Å². The van der Waals surface area contributed by atoms with Gasteiger partial charge in [-0.3, -0.25) is 4.79 Å². The Kier molecular flexibility index (Phi) is 3.21. The van der Waals surface area contributed by atoms with Gasteiger partial charge in [0.05, 0.1) is 16.1 Å². The number of anilines is 1. The van der Waals surface area contributed by atoms with Crippen LogP contribution in [0.2, 0.25) is 5.02 Å². The standard InChI is InChI=1S/C17H13ClN4O2/c1-8-2-4-11-10(6-8)14(18)15(20-11)16(23)19-9-3-5-12-13(7-9)22-17(24)21-12/h2-7,20H,1H3,(H,19,23)(H2,21,22,24). The monoisotopic (exact) mass is 340 g/mol. The van der Waals surface area contributed by atoms with Crippen molar-refractivity contribution in [1.29, 1.82) is 0 Å². The van der Waals surface area contributed by atoms with Gasteiger partial charge in [-0.1, -0.05) is 23.2 Å². The summed E-state index contributed by atoms with van der Waals surface area (Å²) in [5, 5.41) is 3.99. The van der Waals surface area contributed by atoms with Crippen LogP contribution in [0.3, 0.4) is 0 Å². The maximum Gasteiger partial charge on any atom is 0.323 e. The average Bonchev–Trinajstić information content (AvgIpc) is 3.06. The van der Waals surface area contributed by atoms with Crippen LogP contribution in [0, 0.1) is 6.92 Å². The third-order valence-electron chi connectivity index (χ3n) is 3.89. The third-order valence-corrected chi connectivity index (χ3v) is 4.28. The molecule has 4 aromatic rings. The summed E-state index contributed by atoms with van der Waals surface area (Å²) in [6, 6.07) is 10.9. The predicted molar refractivity (Wildman–Crippen MR) is 94.9 cm³/mol. The molecule has 0 aliphatic heterocycles. The Hall–Kier alpha value is -2.99. The van der Waals surface area contributed by atoms with Gasteiger partial charge in [-0.15, -0.1) is 0 Å². The fraction of sp³-hybridized carbons (Fsp3) is 0.0588. The third kappa shape index (κ3) is 2.37. The molecule has 0 spiro atoms. The number of halogens is 1. The average molecular weight is 341 g/mol. The van der Waals surface area contributed by atoms with Gasteiger partial charge in [0, 0.05) is 16.6 Å². The van der Waals surface area contributed by atoms with Crippen molar-refractivity contribution < 1.29 is 4.79 Å². The second-order valence-corrected chi connectivity index (χ2v) is 6.03. The number of hydrogen-bond acceptors (Lipinski definition) is 2. The summed E-state index contributed by atoms with van der Waals surface area (Å²) >= 11 is 6.34. The maximum absolute atomic E-state index is 12.5. The van der Waals surface area contributed by atoms with Crippen LogP contribution in [0.5, 0.6) is 0 Å². The number of rotatable bonds is 2. The fourth-order valence-corrected chi connectivity index (χ4v) is 3.02. The zero-order valence-electron chi connectivity index (χ0n) is 12.7. The van der Waals surface area contributed by atoms with Crippen molar-refractivity contribution in [3.8, 4) is 0 Å². The highest BCUT2D eigenvalue weighted by molar-refractivity contribution is 6.39. The van der Waals surface area contributed by atoms with Gasteiger partial charge in [0.15, 0.2) is 0 Å². The number of aromatic nitrogens is 3. The van der Waals surface area contributed by atoms with Gasteiger partial charge in [-0.05, 0) is 37.3 Å². The highest BCUT2D eigenvalue weighted by Gasteiger charge is 2.17. The van der Waals surface area contributed by atoms with Crippen LogP contribution in [0.25, 0.3) is 21.9 Å². The summed E-state index contributed by atoms with van der Waals surface area (Å²) in [6.07, 6.45) is 0. The summed E-state index contributed by atoms with van der Waals surface area (Å²) in [5.74, 6) is -0.342. The first kappa shape index (κ1) is 14.6. The number of carbonyl (C=O) groups is 1. The molecule has 6 nitrogen and oxygen atoms in total. The molecule has 1 amide bonds. The molecule has 0 atom stereocenters. The van der Waals surface area contributed by atoms with Crippen molar-refractivity contribution in [1.82, 2.24) is 15.0 Å². The minimum Gasteiger partial charge on any atom is -0.349 e. The molecule has 0 fully saturated rings. The number of aromatic amines is 3. The number of nitrogens with one attached hydrogen (secondary N) is 4. The molecule has 7 heteroatoms. The largest absolute Gasteiger partial charge is 0.349 e. The number of benzene rings is 2. The topological polar surface area (TPSA) is 93.5 Å². The first-order chi connectivity index (χ1) is 11.5. The molecule has 0 unspecified atom stereocenters. The molecular weight excluding hydrogens is 328 g/mol. The molecule has 2 aromatic carbocycles. The Bertz CT molecular complexity index is 1150. The molecule has 0 aliphatic carbocycles. The molecule has 24 heavy (non-hydrogen) atoms. The fourth-order valence-electron chi connectivity index (χ4n) is 2.73. The lowest BCUT2D eigenvalue weighted by molar-refractivity contribution is 0.102. The summed E-state index contributed by atoms with van der Waals surface area (Å²) in [5.41, 5.74) is 3.75. The molecule has 0 aliphatic rings. The lowest BCUT2D eigenvalue weighted by atomic mass is 10.2. The van der Waals surface area contributed by atoms with E-state index in [1.165, 1.54) is 0 Å². The van der Waals surface area contributed by atoms with Gasteiger partial charge in [0.2, 0.25) is 0 Å². The first-order valence-electron chi connectivity index (χ1n) is 7.32. The van der Waals surface area contributed by atoms with Crippen LogP contribution in [0.4, 0.5) is 5.69 Å². The number of aryl methyl sites for hydroxylation is 1. The van der Waals surface area contributed by atoms with Crippen molar-refractivity contribution in [3.63, 3.8) is 0 Å². The molecule has 0 radical (unpaired) electrons. The maximum atomic E-state index is 12.5. The van der Waals surface area contributed by atoms with Crippen LogP contribution in [0.1, 0.15) is 16.1 Å². The summed E-state index contributed by atoms with van der Waals surface area (Å²) in [7, 11) is 0. The van der Waals surface area contributed by atoms with Crippen LogP contribution < -0.4 is 11.0 Å². The minimum absolute atomic E-state index is 0.289. The molecular formula is C17H13ClN4O2. The van der Waals surface area contributed by atoms with Crippen molar-refractivity contribution in [3.05, 3.63) is 63.2 Å². The summed E-state index contributed by atoms with van der Waals surface area (Å²) in [6.45, 7) is 1.97. The number of H-pyrrole nitrogens is 3. The van der Waals surface area contributed by atoms with Gasteiger partial charge in [-0.25, -0.2) is 4.79 Å². The first-order valence-corrected chi connectivity index (χ1v) is 7.70. The Morgan fingerprint density at radius 3 is 2.58 bits per heavy atom. The van der Waals surface area contributed by atoms with Gasteiger partial charge in [0.1, 0.15) is 5.69 Å². The Morgan fingerprint density at radius 2 is 1.75 bits per heavy atom. The van der Waals surface area contributed by atoms with E-state index in [-0.39, 0.29) is 11.6 Å². The van der Waals surface area contributed by atoms with Crippen molar-refractivity contribution in [2.75, 3.05) is 5.32 Å². The smallest absolute Gasteiger partial charge is 0.323 e. The molecule has 4 rings (SSSR count). The molecule has 2 aromatic heterocycles. The molecule has 0 bridgehead atoms. The van der Waals surface area contributed by atoms with Crippen LogP contribution >= 0.6 is 11.6 Å². The normalized spacial score (nSPS) is 11.2. The van der Waals surface area contributed by atoms with E-state index in [0.717, 1.165) is 16.5 Å². The van der Waals surface area contributed by atoms with Gasteiger partial charge in [0.25, 0.3) is 5.91 Å². The molecule has 4 N–H and O–H groups in total. The molecule has 120 valence electrons. The zero-order chi connectivity index (χ0) is 16.8. The van der Waals surface area contributed by atoms with E-state index in [0.29, 0.717) is 27.4 Å². The van der Waals surface area contributed by atoms with Crippen molar-refractivity contribution in [2.45, 2.75) is 6.92 Å². The Balaban J connectivity index is 1.70. The Labute approximate surface area is 140 Å². The second-order valence-electron chi connectivity index (χ2n) is 5.66. The van der Waals surface area contributed by atoms with Gasteiger partial charge < -0.3 is 20.3 Å². The lowest BCUT2D eigenvalue weighted by Gasteiger charge is -2.04.